The van der Waals surface area contributed by atoms with Crippen LogP contribution in [0.3, 0.4) is 0 Å². The van der Waals surface area contributed by atoms with Crippen LogP contribution < -0.4 is 5.32 Å². The van der Waals surface area contributed by atoms with Crippen molar-refractivity contribution in [2.24, 2.45) is 0 Å². The normalized spacial score (nSPS) is 10.6. The Kier molecular flexibility index (Phi) is 5.91. The Morgan fingerprint density at radius 1 is 1.20 bits per heavy atom. The quantitative estimate of drug-likeness (QED) is 0.541. The Morgan fingerprint density at radius 3 is 2.84 bits per heavy atom. The van der Waals surface area contributed by atoms with Gasteiger partial charge in [-0.3, -0.25) is 4.79 Å². The second-order valence-electron chi connectivity index (χ2n) is 5.04. The van der Waals surface area contributed by atoms with Gasteiger partial charge in [0.1, 0.15) is 0 Å². The first-order valence-corrected chi connectivity index (χ1v) is 9.60. The van der Waals surface area contributed by atoms with Crippen molar-refractivity contribution in [1.29, 1.82) is 0 Å². The molecule has 3 rings (SSSR count). The van der Waals surface area contributed by atoms with Crippen LogP contribution >= 0.6 is 34.7 Å². The third-order valence-corrected chi connectivity index (χ3v) is 5.37. The van der Waals surface area contributed by atoms with Crippen LogP contribution in [-0.4, -0.2) is 27.0 Å². The van der Waals surface area contributed by atoms with Gasteiger partial charge in [-0.25, -0.2) is 0 Å². The van der Waals surface area contributed by atoms with Gasteiger partial charge in [0.05, 0.1) is 6.42 Å². The lowest BCUT2D eigenvalue weighted by Crippen LogP contribution is -1.96. The topological polar surface area (TPSA) is 75.1 Å². The van der Waals surface area contributed by atoms with Gasteiger partial charge in [-0.2, -0.15) is 0 Å². The standard InChI is InChI=1S/C17H14ClN3O2S2/c18-11-4-3-5-12(10-11)19-17-21-20-16(25-17)13-6-1-2-7-14(13)24-9-8-15(22)23/h1-7,10H,8-9H2,(H,19,21)(H,22,23). The number of carbonyl (C=O) groups is 1. The van der Waals surface area contributed by atoms with Gasteiger partial charge in [0.15, 0.2) is 5.01 Å². The van der Waals surface area contributed by atoms with Crippen LogP contribution in [0.25, 0.3) is 10.6 Å². The summed E-state index contributed by atoms with van der Waals surface area (Å²) in [6.07, 6.45) is 0.122. The average Bonchev–Trinajstić information content (AvgIpc) is 3.03. The highest BCUT2D eigenvalue weighted by atomic mass is 35.5. The fourth-order valence-electron chi connectivity index (χ4n) is 2.09. The molecule has 0 unspecified atom stereocenters. The lowest BCUT2D eigenvalue weighted by atomic mass is 10.2. The largest absolute Gasteiger partial charge is 0.481 e. The van der Waals surface area contributed by atoms with E-state index in [0.29, 0.717) is 15.9 Å². The zero-order valence-corrected chi connectivity index (χ0v) is 15.4. The van der Waals surface area contributed by atoms with Gasteiger partial charge >= 0.3 is 5.97 Å². The number of carboxylic acid groups (broad SMARTS) is 1. The molecular formula is C17H14ClN3O2S2. The van der Waals surface area contributed by atoms with Crippen LogP contribution in [0.2, 0.25) is 5.02 Å². The van der Waals surface area contributed by atoms with E-state index in [-0.39, 0.29) is 6.42 Å². The van der Waals surface area contributed by atoms with Crippen molar-refractivity contribution in [3.63, 3.8) is 0 Å². The lowest BCUT2D eigenvalue weighted by molar-refractivity contribution is -0.136. The second-order valence-corrected chi connectivity index (χ2v) is 7.59. The van der Waals surface area contributed by atoms with Gasteiger partial charge in [0.2, 0.25) is 5.13 Å². The van der Waals surface area contributed by atoms with E-state index < -0.39 is 5.97 Å². The van der Waals surface area contributed by atoms with Crippen LogP contribution in [-0.2, 0) is 4.79 Å². The molecule has 1 aromatic heterocycles. The van der Waals surface area contributed by atoms with Crippen molar-refractivity contribution >= 4 is 51.5 Å². The summed E-state index contributed by atoms with van der Waals surface area (Å²) in [6.45, 7) is 0. The number of halogens is 1. The summed E-state index contributed by atoms with van der Waals surface area (Å²) in [6, 6.07) is 15.2. The van der Waals surface area contributed by atoms with Crippen molar-refractivity contribution in [2.75, 3.05) is 11.1 Å². The van der Waals surface area contributed by atoms with E-state index in [0.717, 1.165) is 21.2 Å². The maximum atomic E-state index is 10.7. The number of nitrogens with one attached hydrogen (secondary N) is 1. The third kappa shape index (κ3) is 4.94. The fraction of sp³-hybridized carbons (Fsp3) is 0.118. The van der Waals surface area contributed by atoms with Gasteiger partial charge in [0.25, 0.3) is 0 Å². The molecule has 0 atom stereocenters. The van der Waals surface area contributed by atoms with E-state index in [4.69, 9.17) is 16.7 Å². The Balaban J connectivity index is 1.76. The Morgan fingerprint density at radius 2 is 2.04 bits per heavy atom. The molecule has 8 heteroatoms. The molecule has 0 aliphatic heterocycles. The molecule has 0 bridgehead atoms. The van der Waals surface area contributed by atoms with Crippen LogP contribution in [0.4, 0.5) is 10.8 Å². The number of rotatable bonds is 7. The van der Waals surface area contributed by atoms with E-state index in [9.17, 15) is 4.79 Å². The summed E-state index contributed by atoms with van der Waals surface area (Å²) in [7, 11) is 0. The first-order valence-electron chi connectivity index (χ1n) is 7.42. The van der Waals surface area contributed by atoms with E-state index in [2.05, 4.69) is 15.5 Å². The molecule has 1 heterocycles. The van der Waals surface area contributed by atoms with Gasteiger partial charge in [0, 0.05) is 26.9 Å². The molecule has 0 saturated carbocycles. The predicted molar refractivity (Wildman–Crippen MR) is 103 cm³/mol. The molecular weight excluding hydrogens is 378 g/mol. The number of hydrogen-bond donors (Lipinski definition) is 2. The van der Waals surface area contributed by atoms with E-state index in [1.807, 2.05) is 48.5 Å². The third-order valence-electron chi connectivity index (χ3n) is 3.19. The zero-order valence-electron chi connectivity index (χ0n) is 13.0. The Hall–Kier alpha value is -2.09. The van der Waals surface area contributed by atoms with Crippen molar-refractivity contribution in [3.05, 3.63) is 53.6 Å². The number of hydrogen-bond acceptors (Lipinski definition) is 6. The number of aliphatic carboxylic acids is 1. The average molecular weight is 392 g/mol. The first-order chi connectivity index (χ1) is 12.1. The molecule has 128 valence electrons. The number of carboxylic acids is 1. The monoisotopic (exact) mass is 391 g/mol. The number of aromatic nitrogens is 2. The SMILES string of the molecule is O=C(O)CCSc1ccccc1-c1nnc(Nc2cccc(Cl)c2)s1. The number of nitrogens with zero attached hydrogens (tertiary/aromatic N) is 2. The summed E-state index contributed by atoms with van der Waals surface area (Å²) in [5.74, 6) is -0.285. The highest BCUT2D eigenvalue weighted by Crippen LogP contribution is 2.35. The Labute approximate surface area is 158 Å². The van der Waals surface area contributed by atoms with Crippen LogP contribution in [0.5, 0.6) is 0 Å². The molecule has 2 N–H and O–H groups in total. The number of anilines is 2. The molecule has 0 fully saturated rings. The molecule has 0 saturated heterocycles. The molecule has 0 amide bonds. The van der Waals surface area contributed by atoms with Gasteiger partial charge < -0.3 is 10.4 Å². The number of benzene rings is 2. The maximum absolute atomic E-state index is 10.7. The summed E-state index contributed by atoms with van der Waals surface area (Å²) in [5.41, 5.74) is 1.80. The minimum absolute atomic E-state index is 0.122. The summed E-state index contributed by atoms with van der Waals surface area (Å²) in [4.78, 5) is 11.7. The maximum Gasteiger partial charge on any atom is 0.304 e. The summed E-state index contributed by atoms with van der Waals surface area (Å²) < 4.78 is 0. The van der Waals surface area contributed by atoms with Crippen molar-refractivity contribution in [3.8, 4) is 10.6 Å². The Bertz CT molecular complexity index is 886. The summed E-state index contributed by atoms with van der Waals surface area (Å²) >= 11 is 8.93. The van der Waals surface area contributed by atoms with Crippen LogP contribution in [0.1, 0.15) is 6.42 Å². The molecule has 25 heavy (non-hydrogen) atoms. The minimum Gasteiger partial charge on any atom is -0.481 e. The highest BCUT2D eigenvalue weighted by molar-refractivity contribution is 7.99. The smallest absolute Gasteiger partial charge is 0.304 e. The van der Waals surface area contributed by atoms with Gasteiger partial charge in [-0.05, 0) is 24.3 Å². The first kappa shape index (κ1) is 17.7. The van der Waals surface area contributed by atoms with Gasteiger partial charge in [-0.1, -0.05) is 47.2 Å². The predicted octanol–water partition coefficient (Wildman–Crippen LogP) is 5.17. The van der Waals surface area contributed by atoms with E-state index in [1.54, 1.807) is 0 Å². The molecule has 2 aromatic carbocycles. The van der Waals surface area contributed by atoms with Crippen LogP contribution in [0.15, 0.2) is 53.4 Å². The van der Waals surface area contributed by atoms with Crippen molar-refractivity contribution in [2.45, 2.75) is 11.3 Å². The van der Waals surface area contributed by atoms with Crippen molar-refractivity contribution < 1.29 is 9.90 Å². The molecule has 5 nitrogen and oxygen atoms in total. The molecule has 0 aliphatic carbocycles. The number of thioether (sulfide) groups is 1. The zero-order chi connectivity index (χ0) is 17.6. The molecule has 0 spiro atoms. The lowest BCUT2D eigenvalue weighted by Gasteiger charge is -2.05. The van der Waals surface area contributed by atoms with Crippen LogP contribution in [0, 0.1) is 0 Å². The minimum atomic E-state index is -0.797. The van der Waals surface area contributed by atoms with Crippen molar-refractivity contribution in [1.82, 2.24) is 10.2 Å². The van der Waals surface area contributed by atoms with Gasteiger partial charge in [-0.15, -0.1) is 22.0 Å². The summed E-state index contributed by atoms with van der Waals surface area (Å²) in [5, 5.41) is 22.5. The van der Waals surface area contributed by atoms with E-state index in [1.165, 1.54) is 23.1 Å². The fourth-order valence-corrected chi connectivity index (χ4v) is 4.14. The van der Waals surface area contributed by atoms with E-state index >= 15 is 0 Å². The molecule has 3 aromatic rings. The molecule has 0 radical (unpaired) electrons. The molecule has 0 aliphatic rings. The highest BCUT2D eigenvalue weighted by Gasteiger charge is 2.12. The second kappa shape index (κ2) is 8.33.